The Morgan fingerprint density at radius 2 is 2.04 bits per heavy atom. The summed E-state index contributed by atoms with van der Waals surface area (Å²) >= 11 is 0. The maximum atomic E-state index is 12.5. The summed E-state index contributed by atoms with van der Waals surface area (Å²) in [7, 11) is 1.70. The summed E-state index contributed by atoms with van der Waals surface area (Å²) in [6, 6.07) is 5.13. The Kier molecular flexibility index (Phi) is 6.49. The van der Waals surface area contributed by atoms with Crippen molar-refractivity contribution in [2.75, 3.05) is 76.4 Å². The van der Waals surface area contributed by atoms with E-state index in [9.17, 15) is 9.59 Å². The highest BCUT2D eigenvalue weighted by molar-refractivity contribution is 5.98. The third kappa shape index (κ3) is 4.88. The molecule has 1 fully saturated rings. The number of rotatable bonds is 6. The average Bonchev–Trinajstić information content (AvgIpc) is 2.68. The molecule has 0 bridgehead atoms. The average molecular weight is 378 g/mol. The van der Waals surface area contributed by atoms with Gasteiger partial charge < -0.3 is 29.7 Å². The van der Waals surface area contributed by atoms with Crippen LogP contribution in [-0.4, -0.2) is 93.0 Å². The topological polar surface area (TPSA) is 94.6 Å². The van der Waals surface area contributed by atoms with Gasteiger partial charge in [-0.25, -0.2) is 4.79 Å². The van der Waals surface area contributed by atoms with Crippen LogP contribution in [0.3, 0.4) is 0 Å². The Morgan fingerprint density at radius 1 is 1.26 bits per heavy atom. The van der Waals surface area contributed by atoms with Gasteiger partial charge >= 0.3 is 6.03 Å². The van der Waals surface area contributed by atoms with Crippen LogP contribution in [0.1, 0.15) is 0 Å². The maximum Gasteiger partial charge on any atom is 0.321 e. The van der Waals surface area contributed by atoms with Gasteiger partial charge in [0.1, 0.15) is 5.75 Å². The molecule has 2 aliphatic heterocycles. The fourth-order valence-electron chi connectivity index (χ4n) is 3.09. The van der Waals surface area contributed by atoms with Crippen molar-refractivity contribution in [1.82, 2.24) is 9.80 Å². The Hall–Kier alpha value is -2.36. The zero-order chi connectivity index (χ0) is 19.2. The number of carbonyl (C=O) groups is 2. The fraction of sp³-hybridized carbons (Fsp3) is 0.556. The number of hydrogen-bond donors (Lipinski definition) is 2. The number of aliphatic hydroxyl groups is 1. The maximum absolute atomic E-state index is 12.5. The molecular weight excluding hydrogens is 352 g/mol. The molecule has 0 aliphatic carbocycles. The molecule has 148 valence electrons. The van der Waals surface area contributed by atoms with Gasteiger partial charge in [0.05, 0.1) is 25.5 Å². The number of anilines is 2. The van der Waals surface area contributed by atoms with Crippen LogP contribution in [0.25, 0.3) is 0 Å². The smallest absolute Gasteiger partial charge is 0.321 e. The first-order chi connectivity index (χ1) is 13.1. The van der Waals surface area contributed by atoms with E-state index in [0.29, 0.717) is 43.4 Å². The zero-order valence-corrected chi connectivity index (χ0v) is 15.5. The normalized spacial score (nSPS) is 17.5. The van der Waals surface area contributed by atoms with Crippen molar-refractivity contribution in [1.29, 1.82) is 0 Å². The third-order valence-corrected chi connectivity index (χ3v) is 4.74. The molecule has 0 aromatic heterocycles. The molecule has 1 saturated heterocycles. The Bertz CT molecular complexity index is 676. The monoisotopic (exact) mass is 378 g/mol. The van der Waals surface area contributed by atoms with Crippen LogP contribution in [0.5, 0.6) is 5.75 Å². The van der Waals surface area contributed by atoms with Gasteiger partial charge in [0.15, 0.2) is 6.61 Å². The summed E-state index contributed by atoms with van der Waals surface area (Å²) in [5, 5.41) is 11.6. The van der Waals surface area contributed by atoms with E-state index in [1.54, 1.807) is 35.0 Å². The van der Waals surface area contributed by atoms with Gasteiger partial charge in [-0.05, 0) is 12.1 Å². The lowest BCUT2D eigenvalue weighted by atomic mass is 10.2. The second-order valence-electron chi connectivity index (χ2n) is 6.52. The summed E-state index contributed by atoms with van der Waals surface area (Å²) < 4.78 is 10.7. The Labute approximate surface area is 158 Å². The molecule has 9 nitrogen and oxygen atoms in total. The zero-order valence-electron chi connectivity index (χ0n) is 15.5. The minimum Gasteiger partial charge on any atom is -0.481 e. The number of ether oxygens (including phenoxy) is 2. The van der Waals surface area contributed by atoms with Gasteiger partial charge in [0.25, 0.3) is 5.91 Å². The lowest BCUT2D eigenvalue weighted by Crippen LogP contribution is -2.50. The van der Waals surface area contributed by atoms with Crippen molar-refractivity contribution in [2.45, 2.75) is 0 Å². The molecule has 3 amide bonds. The first kappa shape index (κ1) is 19.4. The molecule has 9 heteroatoms. The number of piperazine rings is 1. The van der Waals surface area contributed by atoms with Crippen LogP contribution in [0.4, 0.5) is 16.2 Å². The van der Waals surface area contributed by atoms with Crippen LogP contribution >= 0.6 is 0 Å². The molecule has 3 rings (SSSR count). The minimum atomic E-state index is -0.147. The van der Waals surface area contributed by atoms with Crippen molar-refractivity contribution in [3.8, 4) is 5.75 Å². The van der Waals surface area contributed by atoms with Crippen LogP contribution < -0.4 is 15.0 Å². The van der Waals surface area contributed by atoms with Gasteiger partial charge in [-0.2, -0.15) is 0 Å². The van der Waals surface area contributed by atoms with Crippen molar-refractivity contribution in [3.63, 3.8) is 0 Å². The molecule has 1 aromatic rings. The molecule has 2 N–H and O–H groups in total. The second-order valence-corrected chi connectivity index (χ2v) is 6.52. The van der Waals surface area contributed by atoms with Crippen LogP contribution in [0, 0.1) is 0 Å². The summed E-state index contributed by atoms with van der Waals surface area (Å²) in [4.78, 5) is 29.7. The first-order valence-corrected chi connectivity index (χ1v) is 9.09. The molecule has 2 aliphatic rings. The van der Waals surface area contributed by atoms with Gasteiger partial charge in [0, 0.05) is 51.5 Å². The number of nitrogens with zero attached hydrogens (tertiary/aromatic N) is 3. The minimum absolute atomic E-state index is 0.00484. The summed E-state index contributed by atoms with van der Waals surface area (Å²) in [6.45, 7) is 4.64. The fourth-order valence-corrected chi connectivity index (χ4v) is 3.09. The number of urea groups is 1. The van der Waals surface area contributed by atoms with Crippen molar-refractivity contribution in [3.05, 3.63) is 18.2 Å². The van der Waals surface area contributed by atoms with E-state index in [1.807, 2.05) is 0 Å². The largest absolute Gasteiger partial charge is 0.481 e. The summed E-state index contributed by atoms with van der Waals surface area (Å²) in [5.41, 5.74) is 1.34. The number of likely N-dealkylation sites (N-methyl/N-ethyl adjacent to an activating group) is 1. The molecule has 1 aromatic carbocycles. The summed E-state index contributed by atoms with van der Waals surface area (Å²) in [6.07, 6.45) is 0. The van der Waals surface area contributed by atoms with E-state index < -0.39 is 0 Å². The lowest BCUT2D eigenvalue weighted by molar-refractivity contribution is -0.120. The van der Waals surface area contributed by atoms with Gasteiger partial charge in [-0.3, -0.25) is 9.69 Å². The van der Waals surface area contributed by atoms with E-state index in [0.717, 1.165) is 19.6 Å². The van der Waals surface area contributed by atoms with Crippen LogP contribution in [-0.2, 0) is 9.53 Å². The van der Waals surface area contributed by atoms with Crippen molar-refractivity contribution in [2.24, 2.45) is 0 Å². The number of amides is 3. The SMILES string of the molecule is CN1C(=O)COc2cc(NC(=O)N3CCN(CCOCCO)CC3)ccc21. The van der Waals surface area contributed by atoms with Gasteiger partial charge in [-0.1, -0.05) is 0 Å². The van der Waals surface area contributed by atoms with E-state index in [-0.39, 0.29) is 25.2 Å². The van der Waals surface area contributed by atoms with Gasteiger partial charge in [-0.15, -0.1) is 0 Å². The van der Waals surface area contributed by atoms with Crippen molar-refractivity contribution < 1.29 is 24.2 Å². The Balaban J connectivity index is 1.48. The number of carbonyl (C=O) groups excluding carboxylic acids is 2. The van der Waals surface area contributed by atoms with E-state index in [4.69, 9.17) is 14.6 Å². The second kappa shape index (κ2) is 9.03. The number of aliphatic hydroxyl groups excluding tert-OH is 1. The highest BCUT2D eigenvalue weighted by Gasteiger charge is 2.24. The number of nitrogens with one attached hydrogen (secondary N) is 1. The lowest BCUT2D eigenvalue weighted by Gasteiger charge is -2.34. The van der Waals surface area contributed by atoms with E-state index in [1.165, 1.54) is 0 Å². The molecule has 2 heterocycles. The molecular formula is C18H26N4O5. The number of fused-ring (bicyclic) bond motifs is 1. The van der Waals surface area contributed by atoms with E-state index in [2.05, 4.69) is 10.2 Å². The van der Waals surface area contributed by atoms with Crippen molar-refractivity contribution >= 4 is 23.3 Å². The van der Waals surface area contributed by atoms with Crippen LogP contribution in [0.2, 0.25) is 0 Å². The molecule has 0 radical (unpaired) electrons. The Morgan fingerprint density at radius 3 is 2.78 bits per heavy atom. The predicted molar refractivity (Wildman–Crippen MR) is 100 cm³/mol. The third-order valence-electron chi connectivity index (χ3n) is 4.74. The molecule has 0 spiro atoms. The van der Waals surface area contributed by atoms with Crippen LogP contribution in [0.15, 0.2) is 18.2 Å². The predicted octanol–water partition coefficient (Wildman–Crippen LogP) is 0.200. The van der Waals surface area contributed by atoms with E-state index >= 15 is 0 Å². The highest BCUT2D eigenvalue weighted by atomic mass is 16.5. The van der Waals surface area contributed by atoms with Gasteiger partial charge in [0.2, 0.25) is 0 Å². The summed E-state index contributed by atoms with van der Waals surface area (Å²) in [5.74, 6) is 0.488. The molecule has 0 saturated carbocycles. The first-order valence-electron chi connectivity index (χ1n) is 9.09. The highest BCUT2D eigenvalue weighted by Crippen LogP contribution is 2.33. The molecule has 0 atom stereocenters. The molecule has 27 heavy (non-hydrogen) atoms. The standard InChI is InChI=1S/C18H26N4O5/c1-20-15-3-2-14(12-16(15)27-13-17(20)24)19-18(25)22-6-4-21(5-7-22)8-10-26-11-9-23/h2-3,12,23H,4-11,13H2,1H3,(H,19,25). The molecule has 0 unspecified atom stereocenters. The number of benzene rings is 1. The number of hydrogen-bond acceptors (Lipinski definition) is 6. The quantitative estimate of drug-likeness (QED) is 0.687.